The van der Waals surface area contributed by atoms with Gasteiger partial charge < -0.3 is 24.8 Å². The number of hydrogen-bond acceptors (Lipinski definition) is 4. The van der Waals surface area contributed by atoms with E-state index in [1.54, 1.807) is 19.2 Å². The second kappa shape index (κ2) is 9.37. The topological polar surface area (TPSA) is 66.3 Å². The first-order chi connectivity index (χ1) is 11.7. The maximum Gasteiger partial charge on any atom is 0.194 e. The van der Waals surface area contributed by atoms with Crippen LogP contribution in [0.1, 0.15) is 32.3 Å². The van der Waals surface area contributed by atoms with Crippen molar-refractivity contribution in [3.8, 4) is 11.5 Å². The van der Waals surface area contributed by atoms with Crippen molar-refractivity contribution in [3.05, 3.63) is 23.8 Å². The number of methoxy groups -OCH3 is 1. The van der Waals surface area contributed by atoms with Gasteiger partial charge in [0.2, 0.25) is 0 Å². The van der Waals surface area contributed by atoms with E-state index in [1.807, 2.05) is 13.0 Å². The summed E-state index contributed by atoms with van der Waals surface area (Å²) in [6, 6.07) is 5.21. The molecule has 6 heteroatoms. The Kier molecular flexibility index (Phi) is 7.18. The number of nitrogens with zero attached hydrogens (tertiary/aromatic N) is 2. The van der Waals surface area contributed by atoms with Gasteiger partial charge in [0.1, 0.15) is 11.5 Å². The van der Waals surface area contributed by atoms with Crippen molar-refractivity contribution >= 4 is 5.96 Å². The molecular formula is C18H29N3O3. The Bertz CT molecular complexity index is 540. The van der Waals surface area contributed by atoms with Crippen LogP contribution in [0, 0.1) is 0 Å². The quantitative estimate of drug-likeness (QED) is 0.617. The number of piperidine rings is 1. The fourth-order valence-corrected chi connectivity index (χ4v) is 2.87. The zero-order valence-corrected chi connectivity index (χ0v) is 14.9. The highest BCUT2D eigenvalue weighted by Gasteiger charge is 2.21. The number of phenolic OH excluding ortho intramolecular Hbond substituents is 1. The number of benzene rings is 1. The Morgan fingerprint density at radius 1 is 1.33 bits per heavy atom. The fourth-order valence-electron chi connectivity index (χ4n) is 2.87. The van der Waals surface area contributed by atoms with Crippen LogP contribution in [0.25, 0.3) is 0 Å². The van der Waals surface area contributed by atoms with Crippen molar-refractivity contribution in [2.75, 3.05) is 33.4 Å². The summed E-state index contributed by atoms with van der Waals surface area (Å²) in [6.07, 6.45) is 2.39. The molecule has 1 fully saturated rings. The van der Waals surface area contributed by atoms with Crippen LogP contribution >= 0.6 is 0 Å². The minimum atomic E-state index is 0.241. The number of aromatic hydroxyl groups is 1. The standard InChI is InChI=1S/C18H29N3O3/c1-4-19-18(21-10-8-15(9-11-21)24-5-2)20-13-14-12-16(23-3)6-7-17(14)22/h6-7,12,15,22H,4-5,8-11,13H2,1-3H3,(H,19,20). The second-order valence-electron chi connectivity index (χ2n) is 5.81. The normalized spacial score (nSPS) is 16.3. The highest BCUT2D eigenvalue weighted by atomic mass is 16.5. The molecule has 0 radical (unpaired) electrons. The molecular weight excluding hydrogens is 306 g/mol. The molecule has 0 spiro atoms. The van der Waals surface area contributed by atoms with Crippen LogP contribution in [-0.4, -0.2) is 55.4 Å². The molecule has 1 saturated heterocycles. The Morgan fingerprint density at radius 2 is 2.08 bits per heavy atom. The van der Waals surface area contributed by atoms with Crippen LogP contribution in [0.3, 0.4) is 0 Å². The van der Waals surface area contributed by atoms with Crippen molar-refractivity contribution in [1.29, 1.82) is 0 Å². The summed E-state index contributed by atoms with van der Waals surface area (Å²) in [5.74, 6) is 1.85. The predicted molar refractivity (Wildman–Crippen MR) is 95.7 cm³/mol. The van der Waals surface area contributed by atoms with Gasteiger partial charge in [-0.1, -0.05) is 0 Å². The number of phenols is 1. The number of ether oxygens (including phenoxy) is 2. The number of guanidine groups is 1. The Balaban J connectivity index is 2.03. The van der Waals surface area contributed by atoms with Crippen LogP contribution in [-0.2, 0) is 11.3 Å². The number of aliphatic imine (C=N–C) groups is 1. The molecule has 1 heterocycles. The van der Waals surface area contributed by atoms with Crippen LogP contribution in [0.2, 0.25) is 0 Å². The molecule has 1 aliphatic rings. The van der Waals surface area contributed by atoms with Crippen LogP contribution in [0.4, 0.5) is 0 Å². The Hall–Kier alpha value is -1.95. The number of rotatable bonds is 6. The largest absolute Gasteiger partial charge is 0.508 e. The molecule has 0 amide bonds. The summed E-state index contributed by atoms with van der Waals surface area (Å²) in [5, 5.41) is 13.3. The van der Waals surface area contributed by atoms with Gasteiger partial charge in [0.25, 0.3) is 0 Å². The van der Waals surface area contributed by atoms with Crippen LogP contribution < -0.4 is 10.1 Å². The summed E-state index contributed by atoms with van der Waals surface area (Å²) in [7, 11) is 1.62. The van der Waals surface area contributed by atoms with Gasteiger partial charge in [-0.2, -0.15) is 0 Å². The minimum absolute atomic E-state index is 0.241. The third kappa shape index (κ3) is 5.03. The SMILES string of the molecule is CCNC(=NCc1cc(OC)ccc1O)N1CCC(OCC)CC1. The monoisotopic (exact) mass is 335 g/mol. The lowest BCUT2D eigenvalue weighted by molar-refractivity contribution is 0.0263. The minimum Gasteiger partial charge on any atom is -0.508 e. The highest BCUT2D eigenvalue weighted by molar-refractivity contribution is 5.80. The second-order valence-corrected chi connectivity index (χ2v) is 5.81. The third-order valence-electron chi connectivity index (χ3n) is 4.16. The van der Waals surface area contributed by atoms with Crippen molar-refractivity contribution in [2.24, 2.45) is 4.99 Å². The molecule has 2 rings (SSSR count). The van der Waals surface area contributed by atoms with Gasteiger partial charge in [0.15, 0.2) is 5.96 Å². The summed E-state index contributed by atoms with van der Waals surface area (Å²) >= 11 is 0. The molecule has 24 heavy (non-hydrogen) atoms. The van der Waals surface area contributed by atoms with Gasteiger partial charge in [-0.25, -0.2) is 4.99 Å². The summed E-state index contributed by atoms with van der Waals surface area (Å²) in [6.45, 7) is 7.96. The van der Waals surface area contributed by atoms with E-state index in [9.17, 15) is 5.11 Å². The summed E-state index contributed by atoms with van der Waals surface area (Å²) in [5.41, 5.74) is 0.758. The van der Waals surface area contributed by atoms with Gasteiger partial charge in [0.05, 0.1) is 19.8 Å². The fraction of sp³-hybridized carbons (Fsp3) is 0.611. The van der Waals surface area contributed by atoms with Gasteiger partial charge in [-0.05, 0) is 44.9 Å². The molecule has 1 aromatic carbocycles. The van der Waals surface area contributed by atoms with Gasteiger partial charge in [0, 0.05) is 31.8 Å². The van der Waals surface area contributed by atoms with Crippen molar-refractivity contribution in [1.82, 2.24) is 10.2 Å². The first-order valence-corrected chi connectivity index (χ1v) is 8.68. The molecule has 0 aromatic heterocycles. The molecule has 134 valence electrons. The van der Waals surface area contributed by atoms with E-state index in [0.29, 0.717) is 12.6 Å². The van der Waals surface area contributed by atoms with E-state index in [-0.39, 0.29) is 5.75 Å². The van der Waals surface area contributed by atoms with Crippen molar-refractivity contribution in [3.63, 3.8) is 0 Å². The Labute approximate surface area is 144 Å². The van der Waals surface area contributed by atoms with E-state index < -0.39 is 0 Å². The molecule has 0 bridgehead atoms. The van der Waals surface area contributed by atoms with E-state index in [1.165, 1.54) is 0 Å². The molecule has 0 unspecified atom stereocenters. The van der Waals surface area contributed by atoms with Crippen molar-refractivity contribution < 1.29 is 14.6 Å². The first kappa shape index (κ1) is 18.4. The summed E-state index contributed by atoms with van der Waals surface area (Å²) < 4.78 is 10.9. The van der Waals surface area contributed by atoms with Crippen LogP contribution in [0.15, 0.2) is 23.2 Å². The van der Waals surface area contributed by atoms with Crippen LogP contribution in [0.5, 0.6) is 11.5 Å². The molecule has 6 nitrogen and oxygen atoms in total. The molecule has 1 aliphatic heterocycles. The molecule has 1 aromatic rings. The maximum absolute atomic E-state index is 10.0. The molecule has 2 N–H and O–H groups in total. The van der Waals surface area contributed by atoms with Crippen molar-refractivity contribution in [2.45, 2.75) is 39.3 Å². The first-order valence-electron chi connectivity index (χ1n) is 8.68. The summed E-state index contributed by atoms with van der Waals surface area (Å²) in [4.78, 5) is 6.95. The smallest absolute Gasteiger partial charge is 0.194 e. The Morgan fingerprint density at radius 3 is 2.71 bits per heavy atom. The van der Waals surface area contributed by atoms with Gasteiger partial charge in [-0.15, -0.1) is 0 Å². The third-order valence-corrected chi connectivity index (χ3v) is 4.16. The predicted octanol–water partition coefficient (Wildman–Crippen LogP) is 2.37. The number of likely N-dealkylation sites (tertiary alicyclic amines) is 1. The highest BCUT2D eigenvalue weighted by Crippen LogP contribution is 2.23. The zero-order chi connectivity index (χ0) is 17.4. The molecule has 0 atom stereocenters. The average Bonchev–Trinajstić information content (AvgIpc) is 2.61. The molecule has 0 saturated carbocycles. The van der Waals surface area contributed by atoms with E-state index >= 15 is 0 Å². The lowest BCUT2D eigenvalue weighted by Gasteiger charge is -2.34. The number of nitrogens with one attached hydrogen (secondary N) is 1. The average molecular weight is 335 g/mol. The number of hydrogen-bond donors (Lipinski definition) is 2. The lowest BCUT2D eigenvalue weighted by Crippen LogP contribution is -2.47. The van der Waals surface area contributed by atoms with Gasteiger partial charge in [-0.3, -0.25) is 0 Å². The lowest BCUT2D eigenvalue weighted by atomic mass is 10.1. The van der Waals surface area contributed by atoms with E-state index in [2.05, 4.69) is 22.1 Å². The van der Waals surface area contributed by atoms with Gasteiger partial charge >= 0.3 is 0 Å². The molecule has 0 aliphatic carbocycles. The maximum atomic E-state index is 10.0. The zero-order valence-electron chi connectivity index (χ0n) is 14.9. The van der Waals surface area contributed by atoms with E-state index in [0.717, 1.165) is 56.4 Å². The van der Waals surface area contributed by atoms with E-state index in [4.69, 9.17) is 9.47 Å².